The summed E-state index contributed by atoms with van der Waals surface area (Å²) in [5.74, 6) is 0. The van der Waals surface area contributed by atoms with E-state index in [1.807, 2.05) is 30.5 Å². The van der Waals surface area contributed by atoms with Crippen molar-refractivity contribution in [2.24, 2.45) is 0 Å². The van der Waals surface area contributed by atoms with Gasteiger partial charge in [0, 0.05) is 5.38 Å². The van der Waals surface area contributed by atoms with Gasteiger partial charge >= 0.3 is 5.69 Å². The SMILES string of the molecule is Cc1cccc(-c2c(Cl)[nH]c(=O)n(-c3ccsc3)c2=O)c1. The Labute approximate surface area is 129 Å². The zero-order valence-corrected chi connectivity index (χ0v) is 12.7. The van der Waals surface area contributed by atoms with Crippen LogP contribution in [-0.2, 0) is 0 Å². The Kier molecular flexibility index (Phi) is 3.53. The average Bonchev–Trinajstić information content (AvgIpc) is 2.92. The van der Waals surface area contributed by atoms with E-state index in [4.69, 9.17) is 11.6 Å². The molecule has 4 nitrogen and oxygen atoms in total. The van der Waals surface area contributed by atoms with E-state index in [0.717, 1.165) is 10.1 Å². The van der Waals surface area contributed by atoms with Gasteiger partial charge in [0.1, 0.15) is 5.15 Å². The zero-order valence-electron chi connectivity index (χ0n) is 11.1. The van der Waals surface area contributed by atoms with E-state index in [-0.39, 0.29) is 5.15 Å². The van der Waals surface area contributed by atoms with Gasteiger partial charge in [0.25, 0.3) is 5.56 Å². The van der Waals surface area contributed by atoms with Gasteiger partial charge in [-0.1, -0.05) is 41.4 Å². The van der Waals surface area contributed by atoms with Crippen LogP contribution in [0.25, 0.3) is 16.8 Å². The van der Waals surface area contributed by atoms with Crippen molar-refractivity contribution in [3.8, 4) is 16.8 Å². The number of benzene rings is 1. The van der Waals surface area contributed by atoms with Crippen LogP contribution in [0.5, 0.6) is 0 Å². The van der Waals surface area contributed by atoms with Crippen LogP contribution >= 0.6 is 22.9 Å². The lowest BCUT2D eigenvalue weighted by atomic mass is 10.1. The van der Waals surface area contributed by atoms with Crippen LogP contribution in [-0.4, -0.2) is 9.55 Å². The number of H-pyrrole nitrogens is 1. The van der Waals surface area contributed by atoms with Crippen molar-refractivity contribution in [1.29, 1.82) is 0 Å². The molecule has 0 bridgehead atoms. The lowest BCUT2D eigenvalue weighted by molar-refractivity contribution is 0.883. The number of thiophene rings is 1. The fourth-order valence-corrected chi connectivity index (χ4v) is 3.07. The zero-order chi connectivity index (χ0) is 15.0. The van der Waals surface area contributed by atoms with E-state index in [1.165, 1.54) is 11.3 Å². The molecule has 0 amide bonds. The van der Waals surface area contributed by atoms with E-state index in [1.54, 1.807) is 17.5 Å². The molecule has 0 aliphatic heterocycles. The minimum atomic E-state index is -0.542. The second-order valence-corrected chi connectivity index (χ2v) is 5.77. The Morgan fingerprint density at radius 3 is 2.71 bits per heavy atom. The lowest BCUT2D eigenvalue weighted by Crippen LogP contribution is -2.34. The Bertz CT molecular complexity index is 910. The normalized spacial score (nSPS) is 10.8. The highest BCUT2D eigenvalue weighted by molar-refractivity contribution is 7.08. The van der Waals surface area contributed by atoms with Crippen LogP contribution in [0.3, 0.4) is 0 Å². The predicted molar refractivity (Wildman–Crippen MR) is 85.7 cm³/mol. The second kappa shape index (κ2) is 5.35. The molecular formula is C15H11ClN2O2S. The molecule has 0 unspecified atom stereocenters. The molecule has 1 N–H and O–H groups in total. The van der Waals surface area contributed by atoms with E-state index in [0.29, 0.717) is 16.8 Å². The van der Waals surface area contributed by atoms with Gasteiger partial charge in [-0.3, -0.25) is 9.78 Å². The van der Waals surface area contributed by atoms with Crippen molar-refractivity contribution in [2.45, 2.75) is 6.92 Å². The summed E-state index contributed by atoms with van der Waals surface area (Å²) in [4.78, 5) is 27.3. The molecule has 6 heteroatoms. The number of hydrogen-bond acceptors (Lipinski definition) is 3. The van der Waals surface area contributed by atoms with Gasteiger partial charge < -0.3 is 0 Å². The first-order valence-corrected chi connectivity index (χ1v) is 7.54. The van der Waals surface area contributed by atoms with Crippen molar-refractivity contribution in [3.05, 3.63) is 72.6 Å². The molecule has 1 aromatic carbocycles. The minimum absolute atomic E-state index is 0.0575. The third-order valence-corrected chi connectivity index (χ3v) is 4.08. The summed E-state index contributed by atoms with van der Waals surface area (Å²) >= 11 is 7.50. The molecule has 3 rings (SSSR count). The molecule has 0 saturated heterocycles. The first-order chi connectivity index (χ1) is 10.1. The third-order valence-electron chi connectivity index (χ3n) is 3.13. The summed E-state index contributed by atoms with van der Waals surface area (Å²) in [6.45, 7) is 1.93. The Balaban J connectivity index is 2.35. The summed E-state index contributed by atoms with van der Waals surface area (Å²) in [6, 6.07) is 9.15. The van der Waals surface area contributed by atoms with Gasteiger partial charge in [-0.25, -0.2) is 9.36 Å². The first kappa shape index (κ1) is 13.9. The fourth-order valence-electron chi connectivity index (χ4n) is 2.18. The van der Waals surface area contributed by atoms with Crippen molar-refractivity contribution in [3.63, 3.8) is 0 Å². The Hall–Kier alpha value is -2.11. The number of aromatic nitrogens is 2. The van der Waals surface area contributed by atoms with Gasteiger partial charge in [0.05, 0.1) is 11.3 Å². The monoisotopic (exact) mass is 318 g/mol. The van der Waals surface area contributed by atoms with Crippen molar-refractivity contribution >= 4 is 22.9 Å². The van der Waals surface area contributed by atoms with Gasteiger partial charge in [-0.2, -0.15) is 11.3 Å². The van der Waals surface area contributed by atoms with Crippen LogP contribution < -0.4 is 11.2 Å². The molecule has 2 aromatic heterocycles. The van der Waals surface area contributed by atoms with Gasteiger partial charge in [0.2, 0.25) is 0 Å². The molecule has 0 aliphatic rings. The van der Waals surface area contributed by atoms with Gasteiger partial charge in [-0.15, -0.1) is 0 Å². The van der Waals surface area contributed by atoms with Crippen molar-refractivity contribution in [2.75, 3.05) is 0 Å². The number of halogens is 1. The molecule has 0 atom stereocenters. The standard InChI is InChI=1S/C15H11ClN2O2S/c1-9-3-2-4-10(7-9)12-13(16)17-15(20)18(14(12)19)11-5-6-21-8-11/h2-8H,1H3,(H,17,20). The second-order valence-electron chi connectivity index (χ2n) is 4.61. The van der Waals surface area contributed by atoms with E-state index in [9.17, 15) is 9.59 Å². The number of rotatable bonds is 2. The molecule has 0 saturated carbocycles. The van der Waals surface area contributed by atoms with Crippen LogP contribution in [0, 0.1) is 6.92 Å². The summed E-state index contributed by atoms with van der Waals surface area (Å²) in [7, 11) is 0. The number of nitrogens with one attached hydrogen (secondary N) is 1. The van der Waals surface area contributed by atoms with Crippen LogP contribution in [0.15, 0.2) is 50.7 Å². The maximum Gasteiger partial charge on any atom is 0.334 e. The highest BCUT2D eigenvalue weighted by Gasteiger charge is 2.16. The van der Waals surface area contributed by atoms with E-state index < -0.39 is 11.2 Å². The molecule has 106 valence electrons. The number of nitrogens with zero attached hydrogens (tertiary/aromatic N) is 1. The molecule has 2 heterocycles. The van der Waals surface area contributed by atoms with Gasteiger partial charge in [-0.05, 0) is 23.9 Å². The molecule has 0 spiro atoms. The lowest BCUT2D eigenvalue weighted by Gasteiger charge is -2.08. The number of aromatic amines is 1. The van der Waals surface area contributed by atoms with Gasteiger partial charge in [0.15, 0.2) is 0 Å². The Morgan fingerprint density at radius 2 is 2.05 bits per heavy atom. The highest BCUT2D eigenvalue weighted by Crippen LogP contribution is 2.23. The average molecular weight is 319 g/mol. The summed E-state index contributed by atoms with van der Waals surface area (Å²) in [6.07, 6.45) is 0. The summed E-state index contributed by atoms with van der Waals surface area (Å²) in [5.41, 5.74) is 1.57. The fraction of sp³-hybridized carbons (Fsp3) is 0.0667. The van der Waals surface area contributed by atoms with Crippen molar-refractivity contribution in [1.82, 2.24) is 9.55 Å². The van der Waals surface area contributed by atoms with E-state index in [2.05, 4.69) is 4.98 Å². The number of hydrogen-bond donors (Lipinski definition) is 1. The molecule has 0 aliphatic carbocycles. The van der Waals surface area contributed by atoms with Crippen LogP contribution in [0.2, 0.25) is 5.15 Å². The van der Waals surface area contributed by atoms with Crippen molar-refractivity contribution < 1.29 is 0 Å². The molecule has 0 radical (unpaired) electrons. The molecule has 0 fully saturated rings. The van der Waals surface area contributed by atoms with Crippen LogP contribution in [0.4, 0.5) is 0 Å². The largest absolute Gasteiger partial charge is 0.334 e. The maximum atomic E-state index is 12.7. The molecule has 3 aromatic rings. The first-order valence-electron chi connectivity index (χ1n) is 6.22. The molecular weight excluding hydrogens is 308 g/mol. The Morgan fingerprint density at radius 1 is 1.24 bits per heavy atom. The van der Waals surface area contributed by atoms with Crippen LogP contribution in [0.1, 0.15) is 5.56 Å². The smallest absolute Gasteiger partial charge is 0.297 e. The topological polar surface area (TPSA) is 54.9 Å². The van der Waals surface area contributed by atoms with E-state index >= 15 is 0 Å². The quantitative estimate of drug-likeness (QED) is 0.738. The minimum Gasteiger partial charge on any atom is -0.297 e. The number of aryl methyl sites for hydroxylation is 1. The third kappa shape index (κ3) is 2.46. The summed E-state index contributed by atoms with van der Waals surface area (Å²) in [5, 5.41) is 3.61. The maximum absolute atomic E-state index is 12.7. The molecule has 21 heavy (non-hydrogen) atoms. The highest BCUT2D eigenvalue weighted by atomic mass is 35.5. The predicted octanol–water partition coefficient (Wildman–Crippen LogP) is 3.22. The summed E-state index contributed by atoms with van der Waals surface area (Å²) < 4.78 is 1.10.